The Bertz CT molecular complexity index is 309. The summed E-state index contributed by atoms with van der Waals surface area (Å²) in [5.74, 6) is -0.281. The van der Waals surface area contributed by atoms with Crippen molar-refractivity contribution in [1.29, 1.82) is 0 Å². The Morgan fingerprint density at radius 3 is 2.65 bits per heavy atom. The first-order valence-electron chi connectivity index (χ1n) is 6.10. The van der Waals surface area contributed by atoms with E-state index in [0.29, 0.717) is 13.2 Å². The Morgan fingerprint density at radius 1 is 1.18 bits per heavy atom. The highest BCUT2D eigenvalue weighted by Gasteiger charge is 2.02. The van der Waals surface area contributed by atoms with E-state index in [9.17, 15) is 4.79 Å². The van der Waals surface area contributed by atoms with Gasteiger partial charge in [-0.1, -0.05) is 50.1 Å². The Morgan fingerprint density at radius 2 is 1.94 bits per heavy atom. The average Bonchev–Trinajstić information content (AvgIpc) is 2.36. The summed E-state index contributed by atoms with van der Waals surface area (Å²) in [4.78, 5) is 11.2. The highest BCUT2D eigenvalue weighted by Crippen LogP contribution is 2.00. The lowest BCUT2D eigenvalue weighted by Gasteiger charge is -2.05. The number of hydrogen-bond donors (Lipinski definition) is 0. The molecule has 0 atom stereocenters. The molecular weight excluding hydrogens is 216 g/mol. The van der Waals surface area contributed by atoms with Gasteiger partial charge in [-0.3, -0.25) is 0 Å². The van der Waals surface area contributed by atoms with Crippen LogP contribution >= 0.6 is 0 Å². The molecule has 0 unspecified atom stereocenters. The number of carbonyl (C=O) groups is 1. The Balaban J connectivity index is 2.04. The second-order valence-electron chi connectivity index (χ2n) is 3.91. The van der Waals surface area contributed by atoms with E-state index < -0.39 is 0 Å². The molecule has 0 radical (unpaired) electrons. The van der Waals surface area contributed by atoms with Gasteiger partial charge < -0.3 is 9.47 Å². The monoisotopic (exact) mass is 236 g/mol. The molecule has 0 aliphatic rings. The number of benzene rings is 1. The van der Waals surface area contributed by atoms with Crippen LogP contribution < -0.4 is 0 Å². The molecule has 0 aromatic heterocycles. The summed E-state index contributed by atoms with van der Waals surface area (Å²) in [5.41, 5.74) is 1.06. The summed E-state index contributed by atoms with van der Waals surface area (Å²) in [7, 11) is 0. The molecule has 0 bridgehead atoms. The fraction of sp³-hybridized carbons (Fsp3) is 0.500. The second kappa shape index (κ2) is 8.76. The minimum atomic E-state index is -0.281. The van der Waals surface area contributed by atoms with Crippen LogP contribution in [0.4, 0.5) is 0 Å². The van der Waals surface area contributed by atoms with Crippen LogP contribution in [0.3, 0.4) is 0 Å². The largest absolute Gasteiger partial charge is 0.464 e. The van der Waals surface area contributed by atoms with E-state index in [1.807, 2.05) is 30.3 Å². The standard InChI is InChI=1S/C14H20O3/c1-2-3-7-10-17-14(15)12-16-11-13-8-5-4-6-9-13/h4-6,8-9H,2-3,7,10-12H2,1H3. The zero-order valence-corrected chi connectivity index (χ0v) is 10.4. The molecule has 94 valence electrons. The van der Waals surface area contributed by atoms with Gasteiger partial charge in [-0.15, -0.1) is 0 Å². The number of carbonyl (C=O) groups excluding carboxylic acids is 1. The van der Waals surface area contributed by atoms with E-state index >= 15 is 0 Å². The zero-order chi connectivity index (χ0) is 12.3. The van der Waals surface area contributed by atoms with Crippen LogP contribution in [-0.4, -0.2) is 19.2 Å². The van der Waals surface area contributed by atoms with Crippen LogP contribution in [0.1, 0.15) is 31.7 Å². The molecule has 3 nitrogen and oxygen atoms in total. The number of hydrogen-bond acceptors (Lipinski definition) is 3. The fourth-order valence-corrected chi connectivity index (χ4v) is 1.41. The van der Waals surface area contributed by atoms with Crippen molar-refractivity contribution >= 4 is 5.97 Å². The topological polar surface area (TPSA) is 35.5 Å². The van der Waals surface area contributed by atoms with Gasteiger partial charge in [0.25, 0.3) is 0 Å². The molecule has 0 heterocycles. The second-order valence-corrected chi connectivity index (χ2v) is 3.91. The number of ether oxygens (including phenoxy) is 2. The molecule has 3 heteroatoms. The van der Waals surface area contributed by atoms with E-state index in [4.69, 9.17) is 9.47 Å². The number of esters is 1. The highest BCUT2D eigenvalue weighted by molar-refractivity contribution is 5.70. The van der Waals surface area contributed by atoms with Crippen LogP contribution in [0.2, 0.25) is 0 Å². The van der Waals surface area contributed by atoms with Gasteiger partial charge in [0.05, 0.1) is 13.2 Å². The van der Waals surface area contributed by atoms with Crippen LogP contribution in [0.15, 0.2) is 30.3 Å². The SMILES string of the molecule is CCCCCOC(=O)COCc1ccccc1. The molecule has 0 saturated heterocycles. The quantitative estimate of drug-likeness (QED) is 0.514. The van der Waals surface area contributed by atoms with E-state index in [-0.39, 0.29) is 12.6 Å². The summed E-state index contributed by atoms with van der Waals surface area (Å²) >= 11 is 0. The molecule has 1 aromatic carbocycles. The van der Waals surface area contributed by atoms with Gasteiger partial charge in [-0.2, -0.15) is 0 Å². The predicted molar refractivity (Wildman–Crippen MR) is 66.6 cm³/mol. The molecule has 0 aliphatic heterocycles. The van der Waals surface area contributed by atoms with Gasteiger partial charge in [-0.25, -0.2) is 4.79 Å². The van der Waals surface area contributed by atoms with Crippen molar-refractivity contribution in [3.8, 4) is 0 Å². The van der Waals surface area contributed by atoms with Crippen molar-refractivity contribution in [3.63, 3.8) is 0 Å². The maximum atomic E-state index is 11.2. The number of unbranched alkanes of at least 4 members (excludes halogenated alkanes) is 2. The third-order valence-corrected chi connectivity index (χ3v) is 2.34. The lowest BCUT2D eigenvalue weighted by molar-refractivity contribution is -0.149. The molecule has 0 N–H and O–H groups in total. The molecule has 17 heavy (non-hydrogen) atoms. The third-order valence-electron chi connectivity index (χ3n) is 2.34. The summed E-state index contributed by atoms with van der Waals surface area (Å²) in [6.07, 6.45) is 3.15. The van der Waals surface area contributed by atoms with Crippen molar-refractivity contribution in [1.82, 2.24) is 0 Å². The van der Waals surface area contributed by atoms with Gasteiger partial charge in [0, 0.05) is 0 Å². The summed E-state index contributed by atoms with van der Waals surface area (Å²) < 4.78 is 10.3. The maximum absolute atomic E-state index is 11.2. The minimum Gasteiger partial charge on any atom is -0.464 e. The molecule has 0 saturated carbocycles. The van der Waals surface area contributed by atoms with Crippen molar-refractivity contribution in [2.45, 2.75) is 32.8 Å². The summed E-state index contributed by atoms with van der Waals surface area (Å²) in [6.45, 7) is 3.10. The van der Waals surface area contributed by atoms with E-state index in [1.54, 1.807) is 0 Å². The smallest absolute Gasteiger partial charge is 0.332 e. The zero-order valence-electron chi connectivity index (χ0n) is 10.4. The molecule has 0 amide bonds. The van der Waals surface area contributed by atoms with Crippen LogP contribution in [0.5, 0.6) is 0 Å². The first-order valence-corrected chi connectivity index (χ1v) is 6.10. The third kappa shape index (κ3) is 6.74. The predicted octanol–water partition coefficient (Wildman–Crippen LogP) is 2.94. The lowest BCUT2D eigenvalue weighted by atomic mass is 10.2. The Hall–Kier alpha value is -1.35. The summed E-state index contributed by atoms with van der Waals surface area (Å²) in [5, 5.41) is 0. The Labute approximate surface area is 103 Å². The normalized spacial score (nSPS) is 10.2. The van der Waals surface area contributed by atoms with E-state index in [0.717, 1.165) is 24.8 Å². The molecule has 1 aromatic rings. The molecule has 0 fully saturated rings. The van der Waals surface area contributed by atoms with Crippen LogP contribution in [0, 0.1) is 0 Å². The van der Waals surface area contributed by atoms with Crippen molar-refractivity contribution in [2.24, 2.45) is 0 Å². The van der Waals surface area contributed by atoms with Crippen LogP contribution in [-0.2, 0) is 20.9 Å². The van der Waals surface area contributed by atoms with E-state index in [1.165, 1.54) is 0 Å². The van der Waals surface area contributed by atoms with Gasteiger partial charge in [0.2, 0.25) is 0 Å². The lowest BCUT2D eigenvalue weighted by Crippen LogP contribution is -2.13. The average molecular weight is 236 g/mol. The Kier molecular flexibility index (Phi) is 7.07. The van der Waals surface area contributed by atoms with Crippen LogP contribution in [0.25, 0.3) is 0 Å². The van der Waals surface area contributed by atoms with Crippen molar-refractivity contribution < 1.29 is 14.3 Å². The number of rotatable bonds is 8. The van der Waals surface area contributed by atoms with Crippen molar-refractivity contribution in [3.05, 3.63) is 35.9 Å². The molecular formula is C14H20O3. The maximum Gasteiger partial charge on any atom is 0.332 e. The first kappa shape index (κ1) is 13.7. The fourth-order valence-electron chi connectivity index (χ4n) is 1.41. The van der Waals surface area contributed by atoms with E-state index in [2.05, 4.69) is 6.92 Å². The molecule has 0 aliphatic carbocycles. The summed E-state index contributed by atoms with van der Waals surface area (Å²) in [6, 6.07) is 9.77. The minimum absolute atomic E-state index is 0.0288. The van der Waals surface area contributed by atoms with Gasteiger partial charge in [-0.05, 0) is 12.0 Å². The van der Waals surface area contributed by atoms with Crippen molar-refractivity contribution in [2.75, 3.05) is 13.2 Å². The van der Waals surface area contributed by atoms with Gasteiger partial charge in [0.15, 0.2) is 0 Å². The molecule has 1 rings (SSSR count). The van der Waals surface area contributed by atoms with Gasteiger partial charge in [0.1, 0.15) is 6.61 Å². The van der Waals surface area contributed by atoms with Gasteiger partial charge >= 0.3 is 5.97 Å². The highest BCUT2D eigenvalue weighted by atomic mass is 16.6. The molecule has 0 spiro atoms. The first-order chi connectivity index (χ1) is 8.33.